The van der Waals surface area contributed by atoms with E-state index in [1.807, 2.05) is 6.92 Å². The quantitative estimate of drug-likeness (QED) is 0.705. The fourth-order valence-electron chi connectivity index (χ4n) is 1.91. The molecular formula is C15H22O2. The molecule has 0 N–H and O–H groups in total. The second kappa shape index (κ2) is 6.55. The number of benzene rings is 1. The summed E-state index contributed by atoms with van der Waals surface area (Å²) in [6, 6.07) is 8.29. The van der Waals surface area contributed by atoms with Crippen LogP contribution in [0, 0.1) is 18.8 Å². The van der Waals surface area contributed by atoms with Crippen LogP contribution in [-0.2, 0) is 16.1 Å². The first-order valence-electron chi connectivity index (χ1n) is 6.17. The lowest BCUT2D eigenvalue weighted by atomic mass is 9.96. The molecule has 0 aliphatic heterocycles. The molecule has 0 saturated carbocycles. The van der Waals surface area contributed by atoms with Crippen LogP contribution in [0.5, 0.6) is 0 Å². The Balaban J connectivity index is 2.57. The first kappa shape index (κ1) is 13.9. The van der Waals surface area contributed by atoms with Gasteiger partial charge in [0.05, 0.1) is 12.7 Å². The maximum absolute atomic E-state index is 10.8. The van der Waals surface area contributed by atoms with E-state index in [0.29, 0.717) is 12.5 Å². The zero-order chi connectivity index (χ0) is 12.8. The van der Waals surface area contributed by atoms with Crippen molar-refractivity contribution in [3.05, 3.63) is 35.4 Å². The van der Waals surface area contributed by atoms with E-state index in [9.17, 15) is 4.79 Å². The topological polar surface area (TPSA) is 26.3 Å². The molecule has 0 bridgehead atoms. The highest BCUT2D eigenvalue weighted by atomic mass is 16.5. The highest BCUT2D eigenvalue weighted by Gasteiger charge is 2.20. The zero-order valence-corrected chi connectivity index (χ0v) is 11.1. The molecule has 2 heteroatoms. The summed E-state index contributed by atoms with van der Waals surface area (Å²) in [6.07, 6.45) is 0.966. The SMILES string of the molecule is Cc1ccc(CO[C@H](C(C)C)[C@H](C)C=O)cc1. The molecule has 17 heavy (non-hydrogen) atoms. The molecule has 94 valence electrons. The van der Waals surface area contributed by atoms with E-state index in [0.717, 1.165) is 11.8 Å². The highest BCUT2D eigenvalue weighted by molar-refractivity contribution is 5.53. The van der Waals surface area contributed by atoms with Gasteiger partial charge in [-0.05, 0) is 18.4 Å². The molecule has 0 unspecified atom stereocenters. The summed E-state index contributed by atoms with van der Waals surface area (Å²) >= 11 is 0. The minimum absolute atomic E-state index is 0.00574. The molecule has 0 saturated heterocycles. The number of aldehydes is 1. The summed E-state index contributed by atoms with van der Waals surface area (Å²) < 4.78 is 5.85. The second-order valence-electron chi connectivity index (χ2n) is 5.00. The van der Waals surface area contributed by atoms with Crippen molar-refractivity contribution in [1.29, 1.82) is 0 Å². The van der Waals surface area contributed by atoms with Crippen LogP contribution in [0.25, 0.3) is 0 Å². The molecule has 0 fully saturated rings. The predicted octanol–water partition coefficient (Wildman–Crippen LogP) is 3.37. The van der Waals surface area contributed by atoms with E-state index in [1.165, 1.54) is 5.56 Å². The molecule has 0 spiro atoms. The van der Waals surface area contributed by atoms with Crippen molar-refractivity contribution in [3.8, 4) is 0 Å². The van der Waals surface area contributed by atoms with Crippen molar-refractivity contribution < 1.29 is 9.53 Å². The number of hydrogen-bond donors (Lipinski definition) is 0. The third-order valence-electron chi connectivity index (χ3n) is 2.95. The first-order valence-corrected chi connectivity index (χ1v) is 6.17. The second-order valence-corrected chi connectivity index (χ2v) is 5.00. The molecule has 0 amide bonds. The van der Waals surface area contributed by atoms with Crippen LogP contribution in [-0.4, -0.2) is 12.4 Å². The summed E-state index contributed by atoms with van der Waals surface area (Å²) in [5, 5.41) is 0. The highest BCUT2D eigenvalue weighted by Crippen LogP contribution is 2.17. The lowest BCUT2D eigenvalue weighted by Gasteiger charge is -2.24. The Hall–Kier alpha value is -1.15. The summed E-state index contributed by atoms with van der Waals surface area (Å²) in [5.41, 5.74) is 2.40. The van der Waals surface area contributed by atoms with Gasteiger partial charge < -0.3 is 9.53 Å². The van der Waals surface area contributed by atoms with Gasteiger partial charge in [0.25, 0.3) is 0 Å². The predicted molar refractivity (Wildman–Crippen MR) is 69.8 cm³/mol. The number of carbonyl (C=O) groups is 1. The van der Waals surface area contributed by atoms with E-state index >= 15 is 0 Å². The van der Waals surface area contributed by atoms with E-state index in [1.54, 1.807) is 0 Å². The van der Waals surface area contributed by atoms with Gasteiger partial charge in [0.15, 0.2) is 0 Å². The molecule has 0 heterocycles. The standard InChI is InChI=1S/C15H22O2/c1-11(2)15(13(4)9-16)17-10-14-7-5-12(3)6-8-14/h5-9,11,13,15H,10H2,1-4H3/t13-,15-/m1/s1. The van der Waals surface area contributed by atoms with Gasteiger partial charge in [-0.3, -0.25) is 0 Å². The van der Waals surface area contributed by atoms with Crippen LogP contribution in [0.2, 0.25) is 0 Å². The number of ether oxygens (including phenoxy) is 1. The minimum atomic E-state index is -0.0551. The fourth-order valence-corrected chi connectivity index (χ4v) is 1.91. The summed E-state index contributed by atoms with van der Waals surface area (Å²) in [7, 11) is 0. The summed E-state index contributed by atoms with van der Waals surface area (Å²) in [5.74, 6) is 0.293. The molecule has 0 radical (unpaired) electrons. The van der Waals surface area contributed by atoms with Crippen molar-refractivity contribution in [1.82, 2.24) is 0 Å². The molecule has 0 aliphatic rings. The van der Waals surface area contributed by atoms with Gasteiger partial charge in [0, 0.05) is 5.92 Å². The summed E-state index contributed by atoms with van der Waals surface area (Å²) in [4.78, 5) is 10.8. The largest absolute Gasteiger partial charge is 0.373 e. The number of aryl methyl sites for hydroxylation is 1. The van der Waals surface area contributed by atoms with Crippen LogP contribution in [0.15, 0.2) is 24.3 Å². The van der Waals surface area contributed by atoms with Crippen molar-refractivity contribution in [2.24, 2.45) is 11.8 Å². The normalized spacial score (nSPS) is 14.6. The maximum atomic E-state index is 10.8. The Morgan fingerprint density at radius 3 is 2.24 bits per heavy atom. The van der Waals surface area contributed by atoms with Crippen molar-refractivity contribution >= 4 is 6.29 Å². The van der Waals surface area contributed by atoms with Gasteiger partial charge in [-0.15, -0.1) is 0 Å². The first-order chi connectivity index (χ1) is 8.04. The Kier molecular flexibility index (Phi) is 5.36. The number of hydrogen-bond acceptors (Lipinski definition) is 2. The minimum Gasteiger partial charge on any atom is -0.373 e. The van der Waals surface area contributed by atoms with E-state index < -0.39 is 0 Å². The lowest BCUT2D eigenvalue weighted by molar-refractivity contribution is -0.117. The van der Waals surface area contributed by atoms with E-state index in [2.05, 4.69) is 45.0 Å². The maximum Gasteiger partial charge on any atom is 0.125 e. The van der Waals surface area contributed by atoms with Crippen LogP contribution in [0.1, 0.15) is 31.9 Å². The van der Waals surface area contributed by atoms with Gasteiger partial charge in [-0.2, -0.15) is 0 Å². The smallest absolute Gasteiger partial charge is 0.125 e. The van der Waals surface area contributed by atoms with Crippen molar-refractivity contribution in [2.45, 2.75) is 40.4 Å². The zero-order valence-electron chi connectivity index (χ0n) is 11.1. The van der Waals surface area contributed by atoms with Crippen LogP contribution in [0.4, 0.5) is 0 Å². The van der Waals surface area contributed by atoms with E-state index in [-0.39, 0.29) is 12.0 Å². The molecule has 2 nitrogen and oxygen atoms in total. The Labute approximate surface area is 104 Å². The van der Waals surface area contributed by atoms with Crippen LogP contribution >= 0.6 is 0 Å². The third-order valence-corrected chi connectivity index (χ3v) is 2.95. The molecular weight excluding hydrogens is 212 g/mol. The molecule has 0 aliphatic carbocycles. The molecule has 0 aromatic heterocycles. The van der Waals surface area contributed by atoms with Gasteiger partial charge in [-0.25, -0.2) is 0 Å². The summed E-state index contributed by atoms with van der Waals surface area (Å²) in [6.45, 7) is 8.71. The Morgan fingerprint density at radius 2 is 1.76 bits per heavy atom. The average molecular weight is 234 g/mol. The van der Waals surface area contributed by atoms with E-state index in [4.69, 9.17) is 4.74 Å². The van der Waals surface area contributed by atoms with Crippen LogP contribution < -0.4 is 0 Å². The van der Waals surface area contributed by atoms with Gasteiger partial charge in [-0.1, -0.05) is 50.6 Å². The average Bonchev–Trinajstić information content (AvgIpc) is 2.31. The number of rotatable bonds is 6. The fraction of sp³-hybridized carbons (Fsp3) is 0.533. The van der Waals surface area contributed by atoms with Gasteiger partial charge in [0.1, 0.15) is 6.29 Å². The monoisotopic (exact) mass is 234 g/mol. The van der Waals surface area contributed by atoms with Crippen molar-refractivity contribution in [2.75, 3.05) is 0 Å². The van der Waals surface area contributed by atoms with Crippen molar-refractivity contribution in [3.63, 3.8) is 0 Å². The lowest BCUT2D eigenvalue weighted by Crippen LogP contribution is -2.28. The Bertz CT molecular complexity index is 340. The molecule has 2 atom stereocenters. The third kappa shape index (κ3) is 4.31. The number of carbonyl (C=O) groups excluding carboxylic acids is 1. The van der Waals surface area contributed by atoms with Gasteiger partial charge >= 0.3 is 0 Å². The molecule has 1 rings (SSSR count). The Morgan fingerprint density at radius 1 is 1.18 bits per heavy atom. The van der Waals surface area contributed by atoms with Crippen LogP contribution in [0.3, 0.4) is 0 Å². The van der Waals surface area contributed by atoms with Gasteiger partial charge in [0.2, 0.25) is 0 Å². The molecule has 1 aromatic carbocycles. The molecule has 1 aromatic rings.